The van der Waals surface area contributed by atoms with E-state index in [2.05, 4.69) is 15.4 Å². The first kappa shape index (κ1) is 16.4. The zero-order valence-corrected chi connectivity index (χ0v) is 14.5. The van der Waals surface area contributed by atoms with E-state index < -0.39 is 6.10 Å². The van der Waals surface area contributed by atoms with Crippen LogP contribution in [0.4, 0.5) is 0 Å². The van der Waals surface area contributed by atoms with Gasteiger partial charge in [0.15, 0.2) is 5.78 Å². The van der Waals surface area contributed by atoms with Gasteiger partial charge in [-0.3, -0.25) is 14.4 Å². The number of hydrogen-bond donors (Lipinski definition) is 1. The van der Waals surface area contributed by atoms with Crippen molar-refractivity contribution < 1.29 is 9.90 Å². The van der Waals surface area contributed by atoms with E-state index in [1.807, 2.05) is 23.7 Å². The summed E-state index contributed by atoms with van der Waals surface area (Å²) < 4.78 is 2.03. The molecule has 23 heavy (non-hydrogen) atoms. The fourth-order valence-corrected chi connectivity index (χ4v) is 3.77. The highest BCUT2D eigenvalue weighted by molar-refractivity contribution is 7.12. The molecule has 0 aromatic carbocycles. The number of aryl methyl sites for hydroxylation is 1. The van der Waals surface area contributed by atoms with Gasteiger partial charge in [0.1, 0.15) is 0 Å². The van der Waals surface area contributed by atoms with Crippen LogP contribution in [0.3, 0.4) is 0 Å². The van der Waals surface area contributed by atoms with Crippen LogP contribution in [0.25, 0.3) is 0 Å². The molecule has 6 heteroatoms. The van der Waals surface area contributed by atoms with Gasteiger partial charge in [-0.05, 0) is 42.8 Å². The minimum atomic E-state index is -0.474. The Hall–Kier alpha value is -1.50. The summed E-state index contributed by atoms with van der Waals surface area (Å²) >= 11 is 1.52. The van der Waals surface area contributed by atoms with Gasteiger partial charge in [-0.1, -0.05) is 6.92 Å². The maximum atomic E-state index is 11.4. The molecule has 0 fully saturated rings. The van der Waals surface area contributed by atoms with Crippen LogP contribution in [0.2, 0.25) is 0 Å². The summed E-state index contributed by atoms with van der Waals surface area (Å²) in [4.78, 5) is 14.6. The molecule has 0 radical (unpaired) electrons. The largest absolute Gasteiger partial charge is 0.387 e. The van der Waals surface area contributed by atoms with Crippen LogP contribution in [-0.2, 0) is 19.6 Å². The maximum absolute atomic E-state index is 11.4. The minimum Gasteiger partial charge on any atom is -0.387 e. The second-order valence-corrected chi connectivity index (χ2v) is 7.06. The molecule has 3 heterocycles. The van der Waals surface area contributed by atoms with Gasteiger partial charge in [-0.15, -0.1) is 11.3 Å². The summed E-state index contributed by atoms with van der Waals surface area (Å²) in [6.07, 6.45) is 1.25. The normalized spacial score (nSPS) is 16.8. The lowest BCUT2D eigenvalue weighted by molar-refractivity contribution is 0.102. The van der Waals surface area contributed by atoms with Gasteiger partial charge in [0.25, 0.3) is 0 Å². The lowest BCUT2D eigenvalue weighted by atomic mass is 10.2. The second-order valence-electron chi connectivity index (χ2n) is 6.15. The Kier molecular flexibility index (Phi) is 4.94. The Morgan fingerprint density at radius 3 is 2.96 bits per heavy atom. The molecule has 0 spiro atoms. The zero-order valence-electron chi connectivity index (χ0n) is 13.7. The molecule has 0 saturated heterocycles. The summed E-state index contributed by atoms with van der Waals surface area (Å²) in [6.45, 7) is 7.16. The average molecular weight is 333 g/mol. The van der Waals surface area contributed by atoms with Crippen LogP contribution in [0.5, 0.6) is 0 Å². The summed E-state index contributed by atoms with van der Waals surface area (Å²) in [5.74, 6) is 0.133. The lowest BCUT2D eigenvalue weighted by Gasteiger charge is -2.18. The highest BCUT2D eigenvalue weighted by Gasteiger charge is 2.19. The number of ketones is 1. The van der Waals surface area contributed by atoms with Crippen LogP contribution in [-0.4, -0.2) is 32.1 Å². The zero-order chi connectivity index (χ0) is 16.4. The summed E-state index contributed by atoms with van der Waals surface area (Å²) in [7, 11) is 0. The van der Waals surface area contributed by atoms with E-state index in [9.17, 15) is 9.90 Å². The summed E-state index contributed by atoms with van der Waals surface area (Å²) in [5.41, 5.74) is 3.13. The molecule has 5 nitrogen and oxygen atoms in total. The Bertz CT molecular complexity index is 692. The number of nitrogens with zero attached hydrogens (tertiary/aromatic N) is 3. The van der Waals surface area contributed by atoms with E-state index in [4.69, 9.17) is 0 Å². The molecule has 1 aliphatic heterocycles. The van der Waals surface area contributed by atoms with Gasteiger partial charge in [0, 0.05) is 26.2 Å². The van der Waals surface area contributed by atoms with Crippen molar-refractivity contribution in [3.63, 3.8) is 0 Å². The molecular formula is C17H23N3O2S. The molecule has 1 atom stereocenters. The highest BCUT2D eigenvalue weighted by atomic mass is 32.1. The van der Waals surface area contributed by atoms with E-state index in [1.165, 1.54) is 16.9 Å². The fourth-order valence-electron chi connectivity index (χ4n) is 2.96. The quantitative estimate of drug-likeness (QED) is 0.855. The molecule has 1 unspecified atom stereocenters. The molecule has 0 aliphatic carbocycles. The minimum absolute atomic E-state index is 0.133. The highest BCUT2D eigenvalue weighted by Crippen LogP contribution is 2.22. The van der Waals surface area contributed by atoms with Crippen molar-refractivity contribution in [3.8, 4) is 0 Å². The van der Waals surface area contributed by atoms with Crippen molar-refractivity contribution in [3.05, 3.63) is 39.3 Å². The predicted molar refractivity (Wildman–Crippen MR) is 90.5 cm³/mol. The van der Waals surface area contributed by atoms with Crippen molar-refractivity contribution in [1.82, 2.24) is 14.7 Å². The van der Waals surface area contributed by atoms with E-state index >= 15 is 0 Å². The number of thiophene rings is 1. The molecule has 124 valence electrons. The van der Waals surface area contributed by atoms with E-state index in [-0.39, 0.29) is 5.78 Å². The molecule has 0 saturated carbocycles. The standard InChI is InChI=1S/C17H23N3O2S/c1-3-16(22)15-8-14-10-19(5-4-6-20(14)18-15)9-13-7-17(12(2)21)23-11-13/h7-8,11,16,22H,3-6,9-10H2,1-2H3. The number of aliphatic hydroxyl groups excluding tert-OH is 1. The Morgan fingerprint density at radius 1 is 1.43 bits per heavy atom. The SMILES string of the molecule is CCC(O)c1cc2n(n1)CCCN(Cc1csc(C(C)=O)c1)C2. The number of Topliss-reactive ketones (excluding diaryl/α,β-unsaturated/α-hetero) is 1. The van der Waals surface area contributed by atoms with Gasteiger partial charge in [-0.25, -0.2) is 0 Å². The second kappa shape index (κ2) is 6.95. The van der Waals surface area contributed by atoms with Crippen molar-refractivity contribution in [2.24, 2.45) is 0 Å². The van der Waals surface area contributed by atoms with Crippen LogP contribution in [0.15, 0.2) is 17.5 Å². The fraction of sp³-hybridized carbons (Fsp3) is 0.529. The van der Waals surface area contributed by atoms with Gasteiger partial charge < -0.3 is 5.11 Å². The van der Waals surface area contributed by atoms with E-state index in [1.54, 1.807) is 6.92 Å². The molecule has 3 rings (SSSR count). The van der Waals surface area contributed by atoms with Crippen molar-refractivity contribution in [2.75, 3.05) is 6.54 Å². The Morgan fingerprint density at radius 2 is 2.26 bits per heavy atom. The molecule has 0 bridgehead atoms. The third-order valence-corrected chi connectivity index (χ3v) is 5.33. The van der Waals surface area contributed by atoms with E-state index in [0.29, 0.717) is 6.42 Å². The van der Waals surface area contributed by atoms with Crippen molar-refractivity contribution in [2.45, 2.75) is 52.4 Å². The number of aromatic nitrogens is 2. The summed E-state index contributed by atoms with van der Waals surface area (Å²) in [6, 6.07) is 4.03. The number of aliphatic hydroxyl groups is 1. The number of hydrogen-bond acceptors (Lipinski definition) is 5. The van der Waals surface area contributed by atoms with E-state index in [0.717, 1.165) is 48.9 Å². The molecular weight excluding hydrogens is 310 g/mol. The average Bonchev–Trinajstić information content (AvgIpc) is 3.10. The molecule has 0 amide bonds. The number of rotatable bonds is 5. The van der Waals surface area contributed by atoms with Crippen molar-refractivity contribution in [1.29, 1.82) is 0 Å². The van der Waals surface area contributed by atoms with Gasteiger partial charge in [-0.2, -0.15) is 5.10 Å². The lowest BCUT2D eigenvalue weighted by Crippen LogP contribution is -2.22. The van der Waals surface area contributed by atoms with Crippen LogP contribution in [0, 0.1) is 0 Å². The van der Waals surface area contributed by atoms with Gasteiger partial charge in [0.2, 0.25) is 0 Å². The number of carbonyl (C=O) groups excluding carboxylic acids is 1. The Labute approximate surface area is 140 Å². The maximum Gasteiger partial charge on any atom is 0.169 e. The molecule has 1 N–H and O–H groups in total. The molecule has 1 aliphatic rings. The summed E-state index contributed by atoms with van der Waals surface area (Å²) in [5, 5.41) is 16.6. The first-order valence-corrected chi connectivity index (χ1v) is 9.00. The predicted octanol–water partition coefficient (Wildman–Crippen LogP) is 3.00. The van der Waals surface area contributed by atoms with Gasteiger partial charge >= 0.3 is 0 Å². The topological polar surface area (TPSA) is 58.4 Å². The Balaban J connectivity index is 1.72. The third kappa shape index (κ3) is 3.71. The van der Waals surface area contributed by atoms with Crippen LogP contribution < -0.4 is 0 Å². The third-order valence-electron chi connectivity index (χ3n) is 4.25. The van der Waals surface area contributed by atoms with Crippen LogP contribution in [0.1, 0.15) is 59.4 Å². The number of fused-ring (bicyclic) bond motifs is 1. The first-order valence-electron chi connectivity index (χ1n) is 8.12. The molecule has 2 aromatic heterocycles. The first-order chi connectivity index (χ1) is 11.1. The van der Waals surface area contributed by atoms with Crippen LogP contribution >= 0.6 is 11.3 Å². The van der Waals surface area contributed by atoms with Crippen molar-refractivity contribution >= 4 is 17.1 Å². The van der Waals surface area contributed by atoms with Gasteiger partial charge in [0.05, 0.1) is 22.4 Å². The smallest absolute Gasteiger partial charge is 0.169 e. The molecule has 2 aromatic rings. The monoisotopic (exact) mass is 333 g/mol. The number of carbonyl (C=O) groups is 1.